The standard InChI is InChI=1S/C16H21FN2.C2H6/c1-10-4-5-15-16-12(6-7-19(10)15)8-13(9-14(16)17)11(2)18-3;1-2/h8-10,15,18H,2,4-7H2,1,3H3;1-2H3. The van der Waals surface area contributed by atoms with Gasteiger partial charge in [-0.2, -0.15) is 0 Å². The highest BCUT2D eigenvalue weighted by Gasteiger charge is 2.37. The molecule has 0 amide bonds. The van der Waals surface area contributed by atoms with Crippen LogP contribution in [-0.2, 0) is 6.42 Å². The molecule has 116 valence electrons. The summed E-state index contributed by atoms with van der Waals surface area (Å²) in [6.07, 6.45) is 3.20. The molecule has 3 rings (SSSR count). The predicted octanol–water partition coefficient (Wildman–Crippen LogP) is 4.12. The van der Waals surface area contributed by atoms with Gasteiger partial charge < -0.3 is 5.32 Å². The van der Waals surface area contributed by atoms with Crippen molar-refractivity contribution in [2.24, 2.45) is 0 Å². The summed E-state index contributed by atoms with van der Waals surface area (Å²) in [6, 6.07) is 4.61. The van der Waals surface area contributed by atoms with Gasteiger partial charge in [-0.25, -0.2) is 4.39 Å². The normalized spacial score (nSPS) is 23.7. The molecule has 0 aromatic heterocycles. The summed E-state index contributed by atoms with van der Waals surface area (Å²) < 4.78 is 14.5. The summed E-state index contributed by atoms with van der Waals surface area (Å²) in [4.78, 5) is 2.46. The Morgan fingerprint density at radius 3 is 2.71 bits per heavy atom. The monoisotopic (exact) mass is 290 g/mol. The van der Waals surface area contributed by atoms with E-state index in [9.17, 15) is 4.39 Å². The molecule has 1 N–H and O–H groups in total. The van der Waals surface area contributed by atoms with Gasteiger partial charge in [-0.3, -0.25) is 4.90 Å². The van der Waals surface area contributed by atoms with Crippen molar-refractivity contribution in [1.29, 1.82) is 0 Å². The Morgan fingerprint density at radius 2 is 2.05 bits per heavy atom. The quantitative estimate of drug-likeness (QED) is 0.881. The van der Waals surface area contributed by atoms with Crippen molar-refractivity contribution in [3.8, 4) is 0 Å². The number of nitrogens with zero attached hydrogens (tertiary/aromatic N) is 1. The minimum Gasteiger partial charge on any atom is -0.388 e. The average Bonchev–Trinajstić information content (AvgIpc) is 2.89. The fourth-order valence-corrected chi connectivity index (χ4v) is 3.55. The van der Waals surface area contributed by atoms with E-state index >= 15 is 0 Å². The molecule has 21 heavy (non-hydrogen) atoms. The van der Waals surface area contributed by atoms with Gasteiger partial charge in [0.1, 0.15) is 5.82 Å². The van der Waals surface area contributed by atoms with Crippen LogP contribution >= 0.6 is 0 Å². The van der Waals surface area contributed by atoms with E-state index in [0.717, 1.165) is 36.2 Å². The second kappa shape index (κ2) is 6.61. The summed E-state index contributed by atoms with van der Waals surface area (Å²) in [5.41, 5.74) is 3.76. The maximum atomic E-state index is 14.5. The molecule has 0 aliphatic carbocycles. The van der Waals surface area contributed by atoms with Crippen LogP contribution in [0.4, 0.5) is 4.39 Å². The summed E-state index contributed by atoms with van der Waals surface area (Å²) in [5, 5.41) is 3.00. The number of halogens is 1. The molecule has 2 heterocycles. The van der Waals surface area contributed by atoms with E-state index in [1.807, 2.05) is 20.9 Å². The third-order valence-corrected chi connectivity index (χ3v) is 4.66. The molecule has 2 aliphatic rings. The summed E-state index contributed by atoms with van der Waals surface area (Å²) in [7, 11) is 1.82. The topological polar surface area (TPSA) is 15.3 Å². The second-order valence-electron chi connectivity index (χ2n) is 5.69. The van der Waals surface area contributed by atoms with Crippen molar-refractivity contribution in [2.45, 2.75) is 52.1 Å². The lowest BCUT2D eigenvalue weighted by Crippen LogP contribution is -2.36. The van der Waals surface area contributed by atoms with E-state index < -0.39 is 0 Å². The molecule has 2 nitrogen and oxygen atoms in total. The van der Waals surface area contributed by atoms with Crippen LogP contribution in [0.15, 0.2) is 18.7 Å². The largest absolute Gasteiger partial charge is 0.388 e. The van der Waals surface area contributed by atoms with E-state index in [-0.39, 0.29) is 11.9 Å². The Morgan fingerprint density at radius 1 is 1.33 bits per heavy atom. The molecule has 3 heteroatoms. The van der Waals surface area contributed by atoms with Gasteiger partial charge in [-0.15, -0.1) is 0 Å². The van der Waals surface area contributed by atoms with Crippen molar-refractivity contribution < 1.29 is 4.39 Å². The third-order valence-electron chi connectivity index (χ3n) is 4.66. The number of benzene rings is 1. The van der Waals surface area contributed by atoms with Gasteiger partial charge in [0.15, 0.2) is 0 Å². The Bertz CT molecular complexity index is 524. The molecule has 1 aromatic rings. The highest BCUT2D eigenvalue weighted by Crippen LogP contribution is 2.42. The van der Waals surface area contributed by atoms with E-state index in [1.54, 1.807) is 6.07 Å². The third kappa shape index (κ3) is 2.84. The molecule has 2 unspecified atom stereocenters. The van der Waals surface area contributed by atoms with Gasteiger partial charge in [0.2, 0.25) is 0 Å². The van der Waals surface area contributed by atoms with Crippen LogP contribution in [0.2, 0.25) is 0 Å². The molecule has 1 fully saturated rings. The molecule has 1 aromatic carbocycles. The Balaban J connectivity index is 0.000000774. The summed E-state index contributed by atoms with van der Waals surface area (Å²) in [5.74, 6) is -0.0623. The predicted molar refractivity (Wildman–Crippen MR) is 87.7 cm³/mol. The van der Waals surface area contributed by atoms with Crippen molar-refractivity contribution >= 4 is 5.70 Å². The number of hydrogen-bond donors (Lipinski definition) is 1. The zero-order chi connectivity index (χ0) is 15.6. The average molecular weight is 290 g/mol. The maximum absolute atomic E-state index is 14.5. The van der Waals surface area contributed by atoms with Crippen LogP contribution in [0.1, 0.15) is 56.3 Å². The molecular formula is C18H27FN2. The van der Waals surface area contributed by atoms with Gasteiger partial charge in [0.25, 0.3) is 0 Å². The highest BCUT2D eigenvalue weighted by atomic mass is 19.1. The fraction of sp³-hybridized carbons (Fsp3) is 0.556. The Kier molecular flexibility index (Phi) is 5.04. The zero-order valence-corrected chi connectivity index (χ0v) is 13.7. The first kappa shape index (κ1) is 16.0. The minimum atomic E-state index is -0.0623. The molecule has 0 saturated carbocycles. The van der Waals surface area contributed by atoms with Crippen LogP contribution < -0.4 is 5.32 Å². The molecule has 0 bridgehead atoms. The van der Waals surface area contributed by atoms with Gasteiger partial charge >= 0.3 is 0 Å². The van der Waals surface area contributed by atoms with Gasteiger partial charge in [0.05, 0.1) is 0 Å². The van der Waals surface area contributed by atoms with Gasteiger partial charge in [-0.05, 0) is 43.9 Å². The number of hydrogen-bond acceptors (Lipinski definition) is 2. The van der Waals surface area contributed by atoms with E-state index in [0.29, 0.717) is 6.04 Å². The van der Waals surface area contributed by atoms with Gasteiger partial charge in [-0.1, -0.05) is 20.4 Å². The van der Waals surface area contributed by atoms with Crippen LogP contribution in [0.25, 0.3) is 5.70 Å². The van der Waals surface area contributed by atoms with Crippen LogP contribution in [0, 0.1) is 5.82 Å². The van der Waals surface area contributed by atoms with E-state index in [4.69, 9.17) is 0 Å². The number of fused-ring (bicyclic) bond motifs is 3. The lowest BCUT2D eigenvalue weighted by atomic mass is 9.90. The minimum absolute atomic E-state index is 0.0623. The van der Waals surface area contributed by atoms with Crippen LogP contribution in [0.3, 0.4) is 0 Å². The van der Waals surface area contributed by atoms with Crippen LogP contribution in [0.5, 0.6) is 0 Å². The Labute approximate surface area is 128 Å². The molecule has 0 spiro atoms. The lowest BCUT2D eigenvalue weighted by molar-refractivity contribution is 0.189. The van der Waals surface area contributed by atoms with Crippen molar-refractivity contribution in [2.75, 3.05) is 13.6 Å². The number of nitrogens with one attached hydrogen (secondary N) is 1. The van der Waals surface area contributed by atoms with E-state index in [1.165, 1.54) is 12.0 Å². The molecule has 2 aliphatic heterocycles. The maximum Gasteiger partial charge on any atom is 0.128 e. The molecule has 0 radical (unpaired) electrons. The number of rotatable bonds is 2. The second-order valence-corrected chi connectivity index (χ2v) is 5.69. The fourth-order valence-electron chi connectivity index (χ4n) is 3.55. The smallest absolute Gasteiger partial charge is 0.128 e. The summed E-state index contributed by atoms with van der Waals surface area (Å²) >= 11 is 0. The first-order valence-electron chi connectivity index (χ1n) is 8.07. The van der Waals surface area contributed by atoms with E-state index in [2.05, 4.69) is 29.8 Å². The first-order valence-corrected chi connectivity index (χ1v) is 8.07. The zero-order valence-electron chi connectivity index (χ0n) is 13.7. The molecular weight excluding hydrogens is 263 g/mol. The van der Waals surface area contributed by atoms with Crippen molar-refractivity contribution in [3.05, 3.63) is 41.2 Å². The van der Waals surface area contributed by atoms with Crippen LogP contribution in [-0.4, -0.2) is 24.5 Å². The molecule has 2 atom stereocenters. The Hall–Kier alpha value is -1.35. The molecule has 1 saturated heterocycles. The van der Waals surface area contributed by atoms with Crippen molar-refractivity contribution in [3.63, 3.8) is 0 Å². The SMILES string of the molecule is C=C(NC)c1cc(F)c2c(c1)CCN1C(C)CCC21.CC. The van der Waals surface area contributed by atoms with Gasteiger partial charge in [0, 0.05) is 42.5 Å². The first-order chi connectivity index (χ1) is 10.1. The summed E-state index contributed by atoms with van der Waals surface area (Å²) in [6.45, 7) is 11.2. The van der Waals surface area contributed by atoms with Crippen molar-refractivity contribution in [1.82, 2.24) is 10.2 Å². The lowest BCUT2D eigenvalue weighted by Gasteiger charge is -2.35. The highest BCUT2D eigenvalue weighted by molar-refractivity contribution is 5.63.